The predicted molar refractivity (Wildman–Crippen MR) is 74.2 cm³/mol. The van der Waals surface area contributed by atoms with Crippen LogP contribution in [-0.2, 0) is 0 Å². The third-order valence-electron chi connectivity index (χ3n) is 3.12. The number of benzene rings is 2. The molecule has 0 spiro atoms. The van der Waals surface area contributed by atoms with Gasteiger partial charge in [0.15, 0.2) is 5.75 Å². The smallest absolute Gasteiger partial charge is 0.153 e. The molecule has 0 saturated heterocycles. The van der Waals surface area contributed by atoms with E-state index >= 15 is 0 Å². The third-order valence-corrected chi connectivity index (χ3v) is 3.12. The van der Waals surface area contributed by atoms with Crippen LogP contribution in [-0.4, -0.2) is 5.71 Å². The van der Waals surface area contributed by atoms with Gasteiger partial charge in [0.05, 0.1) is 5.71 Å². The fourth-order valence-electron chi connectivity index (χ4n) is 2.19. The van der Waals surface area contributed by atoms with Crippen LogP contribution in [0.15, 0.2) is 47.5 Å². The lowest BCUT2D eigenvalue weighted by atomic mass is 10.1. The SMILES string of the molecule is CCC1=Nc2cc(C)ccc2Oc2ccccc21. The van der Waals surface area contributed by atoms with Gasteiger partial charge in [0.25, 0.3) is 0 Å². The third kappa shape index (κ3) is 1.80. The first-order valence-corrected chi connectivity index (χ1v) is 6.23. The van der Waals surface area contributed by atoms with E-state index in [-0.39, 0.29) is 0 Å². The maximum atomic E-state index is 5.97. The number of rotatable bonds is 1. The van der Waals surface area contributed by atoms with Gasteiger partial charge >= 0.3 is 0 Å². The molecule has 2 aromatic rings. The van der Waals surface area contributed by atoms with Crippen molar-refractivity contribution >= 4 is 11.4 Å². The van der Waals surface area contributed by atoms with Crippen LogP contribution in [0.4, 0.5) is 5.69 Å². The van der Waals surface area contributed by atoms with Crippen molar-refractivity contribution in [2.75, 3.05) is 0 Å². The van der Waals surface area contributed by atoms with Crippen LogP contribution >= 0.6 is 0 Å². The lowest BCUT2D eigenvalue weighted by molar-refractivity contribution is 0.484. The maximum Gasteiger partial charge on any atom is 0.153 e. The van der Waals surface area contributed by atoms with E-state index in [1.165, 1.54) is 5.56 Å². The molecule has 0 aromatic heterocycles. The highest BCUT2D eigenvalue weighted by Crippen LogP contribution is 2.38. The number of aliphatic imine (C=N–C) groups is 1. The highest BCUT2D eigenvalue weighted by molar-refractivity contribution is 6.05. The molecule has 1 aliphatic heterocycles. The zero-order chi connectivity index (χ0) is 12.5. The Morgan fingerprint density at radius 3 is 2.72 bits per heavy atom. The molecular formula is C16H15NO. The molecule has 0 bridgehead atoms. The van der Waals surface area contributed by atoms with Gasteiger partial charge in [-0.1, -0.05) is 25.1 Å². The van der Waals surface area contributed by atoms with E-state index in [9.17, 15) is 0 Å². The molecule has 2 heteroatoms. The van der Waals surface area contributed by atoms with Crippen molar-refractivity contribution in [1.29, 1.82) is 0 Å². The van der Waals surface area contributed by atoms with Crippen molar-refractivity contribution in [3.63, 3.8) is 0 Å². The Morgan fingerprint density at radius 1 is 1.06 bits per heavy atom. The van der Waals surface area contributed by atoms with Crippen molar-refractivity contribution < 1.29 is 4.74 Å². The number of ether oxygens (including phenoxy) is 1. The Labute approximate surface area is 107 Å². The first kappa shape index (κ1) is 11.0. The van der Waals surface area contributed by atoms with Crippen LogP contribution in [0, 0.1) is 6.92 Å². The van der Waals surface area contributed by atoms with Crippen LogP contribution in [0.2, 0.25) is 0 Å². The summed E-state index contributed by atoms with van der Waals surface area (Å²) in [6.45, 7) is 4.19. The minimum absolute atomic E-state index is 0.830. The lowest BCUT2D eigenvalue weighted by Gasteiger charge is -2.08. The first-order valence-electron chi connectivity index (χ1n) is 6.23. The molecule has 90 valence electrons. The second-order valence-electron chi connectivity index (χ2n) is 4.48. The molecule has 0 atom stereocenters. The number of hydrogen-bond acceptors (Lipinski definition) is 2. The van der Waals surface area contributed by atoms with Gasteiger partial charge in [0.2, 0.25) is 0 Å². The maximum absolute atomic E-state index is 5.97. The molecule has 3 rings (SSSR count). The summed E-state index contributed by atoms with van der Waals surface area (Å²) < 4.78 is 5.97. The van der Waals surface area contributed by atoms with Crippen LogP contribution in [0.3, 0.4) is 0 Å². The molecule has 0 radical (unpaired) electrons. The van der Waals surface area contributed by atoms with Gasteiger partial charge in [-0.25, -0.2) is 4.99 Å². The standard InChI is InChI=1S/C16H15NO/c1-3-13-12-6-4-5-7-15(12)18-16-9-8-11(2)10-14(16)17-13/h4-10H,3H2,1-2H3. The Bertz CT molecular complexity index is 629. The molecule has 0 N–H and O–H groups in total. The molecular weight excluding hydrogens is 222 g/mol. The number of nitrogens with zero attached hydrogens (tertiary/aromatic N) is 1. The summed E-state index contributed by atoms with van der Waals surface area (Å²) in [7, 11) is 0. The summed E-state index contributed by atoms with van der Waals surface area (Å²) in [5.41, 5.74) is 4.29. The van der Waals surface area contributed by atoms with Crippen molar-refractivity contribution in [2.45, 2.75) is 20.3 Å². The number of fused-ring (bicyclic) bond motifs is 2. The molecule has 0 fully saturated rings. The Hall–Kier alpha value is -2.09. The fourth-order valence-corrected chi connectivity index (χ4v) is 2.19. The van der Waals surface area contributed by atoms with Gasteiger partial charge in [-0.05, 0) is 43.2 Å². The van der Waals surface area contributed by atoms with Crippen molar-refractivity contribution in [3.05, 3.63) is 53.6 Å². The Morgan fingerprint density at radius 2 is 1.89 bits per heavy atom. The molecule has 1 aliphatic rings. The first-order chi connectivity index (χ1) is 8.78. The summed E-state index contributed by atoms with van der Waals surface area (Å²) in [4.78, 5) is 4.75. The fraction of sp³-hybridized carbons (Fsp3) is 0.188. The van der Waals surface area contributed by atoms with Gasteiger partial charge < -0.3 is 4.74 Å². The largest absolute Gasteiger partial charge is 0.454 e. The molecule has 0 amide bonds. The molecule has 2 nitrogen and oxygen atoms in total. The highest BCUT2D eigenvalue weighted by atomic mass is 16.5. The summed E-state index contributed by atoms with van der Waals surface area (Å²) in [6, 6.07) is 14.2. The average Bonchev–Trinajstić information content (AvgIpc) is 2.54. The zero-order valence-corrected chi connectivity index (χ0v) is 10.6. The van der Waals surface area contributed by atoms with E-state index in [0.717, 1.165) is 34.9 Å². The van der Waals surface area contributed by atoms with Crippen molar-refractivity contribution in [2.24, 2.45) is 4.99 Å². The summed E-state index contributed by atoms with van der Waals surface area (Å²) in [6.07, 6.45) is 0.897. The average molecular weight is 237 g/mol. The normalized spacial score (nSPS) is 12.9. The van der Waals surface area contributed by atoms with Gasteiger partial charge in [0.1, 0.15) is 11.4 Å². The van der Waals surface area contributed by atoms with E-state index in [1.807, 2.05) is 30.3 Å². The van der Waals surface area contributed by atoms with E-state index in [1.54, 1.807) is 0 Å². The zero-order valence-electron chi connectivity index (χ0n) is 10.6. The quantitative estimate of drug-likeness (QED) is 0.708. The predicted octanol–water partition coefficient (Wildman–Crippen LogP) is 4.63. The van der Waals surface area contributed by atoms with Crippen LogP contribution in [0.1, 0.15) is 24.5 Å². The molecule has 0 saturated carbocycles. The number of hydrogen-bond donors (Lipinski definition) is 0. The number of aryl methyl sites for hydroxylation is 1. The number of para-hydroxylation sites is 1. The van der Waals surface area contributed by atoms with E-state index in [4.69, 9.17) is 9.73 Å². The molecule has 0 unspecified atom stereocenters. The van der Waals surface area contributed by atoms with Crippen LogP contribution < -0.4 is 4.74 Å². The van der Waals surface area contributed by atoms with E-state index < -0.39 is 0 Å². The van der Waals surface area contributed by atoms with Crippen molar-refractivity contribution in [1.82, 2.24) is 0 Å². The van der Waals surface area contributed by atoms with E-state index in [0.29, 0.717) is 0 Å². The summed E-state index contributed by atoms with van der Waals surface area (Å²) >= 11 is 0. The molecule has 1 heterocycles. The topological polar surface area (TPSA) is 21.6 Å². The van der Waals surface area contributed by atoms with Gasteiger partial charge in [-0.3, -0.25) is 0 Å². The summed E-state index contributed by atoms with van der Waals surface area (Å²) in [5, 5.41) is 0. The minimum Gasteiger partial charge on any atom is -0.454 e. The van der Waals surface area contributed by atoms with Gasteiger partial charge in [-0.2, -0.15) is 0 Å². The monoisotopic (exact) mass is 237 g/mol. The minimum atomic E-state index is 0.830. The Balaban J connectivity index is 2.24. The lowest BCUT2D eigenvalue weighted by Crippen LogP contribution is -1.98. The molecule has 2 aromatic carbocycles. The van der Waals surface area contributed by atoms with Gasteiger partial charge in [0, 0.05) is 5.56 Å². The van der Waals surface area contributed by atoms with Crippen LogP contribution in [0.25, 0.3) is 0 Å². The highest BCUT2D eigenvalue weighted by Gasteiger charge is 2.16. The Kier molecular flexibility index (Phi) is 2.63. The van der Waals surface area contributed by atoms with E-state index in [2.05, 4.69) is 26.0 Å². The van der Waals surface area contributed by atoms with Gasteiger partial charge in [-0.15, -0.1) is 0 Å². The second kappa shape index (κ2) is 4.30. The van der Waals surface area contributed by atoms with Crippen molar-refractivity contribution in [3.8, 4) is 11.5 Å². The molecule has 18 heavy (non-hydrogen) atoms. The summed E-state index contributed by atoms with van der Waals surface area (Å²) in [5.74, 6) is 1.72. The molecule has 0 aliphatic carbocycles. The second-order valence-corrected chi connectivity index (χ2v) is 4.48. The van der Waals surface area contributed by atoms with Crippen LogP contribution in [0.5, 0.6) is 11.5 Å².